The lowest BCUT2D eigenvalue weighted by Crippen LogP contribution is -2.23. The maximum Gasteiger partial charge on any atom is 0.253 e. The number of para-hydroxylation sites is 1. The van der Waals surface area contributed by atoms with Crippen LogP contribution in [0.25, 0.3) is 0 Å². The Kier molecular flexibility index (Phi) is 4.94. The lowest BCUT2D eigenvalue weighted by atomic mass is 10.2. The third kappa shape index (κ3) is 4.14. The molecule has 7 heteroatoms. The smallest absolute Gasteiger partial charge is 0.253 e. The lowest BCUT2D eigenvalue weighted by Gasteiger charge is -2.10. The van der Waals surface area contributed by atoms with Crippen molar-refractivity contribution in [1.82, 2.24) is 15.5 Å². The highest BCUT2D eigenvalue weighted by Crippen LogP contribution is 2.18. The number of nitrogens with one attached hydrogen (secondary N) is 2. The summed E-state index contributed by atoms with van der Waals surface area (Å²) in [5, 5.41) is 9.76. The largest absolute Gasteiger partial charge is 0.496 e. The minimum atomic E-state index is -0.224. The molecule has 2 N–H and O–H groups in total. The Labute approximate surface area is 145 Å². The minimum Gasteiger partial charge on any atom is -0.496 e. The van der Waals surface area contributed by atoms with Crippen LogP contribution in [0.5, 0.6) is 5.75 Å². The van der Waals surface area contributed by atoms with Gasteiger partial charge < -0.3 is 19.9 Å². The van der Waals surface area contributed by atoms with Gasteiger partial charge in [-0.2, -0.15) is 0 Å². The van der Waals surface area contributed by atoms with E-state index in [9.17, 15) is 4.79 Å². The monoisotopic (exact) mass is 338 g/mol. The molecule has 0 aliphatic carbocycles. The molecular weight excluding hydrogens is 320 g/mol. The standard InChI is InChI=1S/C18H18N4O3/c1-12-7-17(22-25-12)21-15-8-14(9-19-11-15)18(23)20-10-13-5-3-4-6-16(13)24-2/h3-9,11H,10H2,1-2H3,(H,20,23)(H,21,22). The molecule has 3 aromatic rings. The molecule has 0 fully saturated rings. The van der Waals surface area contributed by atoms with Gasteiger partial charge in [0.25, 0.3) is 5.91 Å². The van der Waals surface area contributed by atoms with Gasteiger partial charge in [-0.1, -0.05) is 23.4 Å². The fourth-order valence-corrected chi connectivity index (χ4v) is 2.33. The first-order valence-corrected chi connectivity index (χ1v) is 7.71. The first-order chi connectivity index (χ1) is 12.2. The lowest BCUT2D eigenvalue weighted by molar-refractivity contribution is 0.0950. The number of hydrogen-bond acceptors (Lipinski definition) is 6. The number of amides is 1. The highest BCUT2D eigenvalue weighted by atomic mass is 16.5. The van der Waals surface area contributed by atoms with E-state index < -0.39 is 0 Å². The van der Waals surface area contributed by atoms with E-state index in [4.69, 9.17) is 9.26 Å². The van der Waals surface area contributed by atoms with Gasteiger partial charge in [-0.05, 0) is 19.1 Å². The number of aryl methyl sites for hydroxylation is 1. The van der Waals surface area contributed by atoms with E-state index in [0.717, 1.165) is 11.3 Å². The highest BCUT2D eigenvalue weighted by Gasteiger charge is 2.09. The van der Waals surface area contributed by atoms with E-state index in [-0.39, 0.29) is 5.91 Å². The van der Waals surface area contributed by atoms with Crippen LogP contribution < -0.4 is 15.4 Å². The summed E-state index contributed by atoms with van der Waals surface area (Å²) in [6, 6.07) is 11.0. The average molecular weight is 338 g/mol. The summed E-state index contributed by atoms with van der Waals surface area (Å²) >= 11 is 0. The number of methoxy groups -OCH3 is 1. The molecule has 2 heterocycles. The summed E-state index contributed by atoms with van der Waals surface area (Å²) in [6.07, 6.45) is 3.12. The summed E-state index contributed by atoms with van der Waals surface area (Å²) < 4.78 is 10.3. The predicted octanol–water partition coefficient (Wildman–Crippen LogP) is 3.06. The van der Waals surface area contributed by atoms with Crippen molar-refractivity contribution in [2.75, 3.05) is 12.4 Å². The van der Waals surface area contributed by atoms with Crippen molar-refractivity contribution in [3.05, 3.63) is 65.7 Å². The average Bonchev–Trinajstić information content (AvgIpc) is 3.04. The van der Waals surface area contributed by atoms with E-state index in [1.807, 2.05) is 24.3 Å². The van der Waals surface area contributed by atoms with E-state index >= 15 is 0 Å². The van der Waals surface area contributed by atoms with Crippen LogP contribution >= 0.6 is 0 Å². The van der Waals surface area contributed by atoms with Gasteiger partial charge in [0.1, 0.15) is 11.5 Å². The number of pyridine rings is 1. The van der Waals surface area contributed by atoms with Crippen LogP contribution in [0.1, 0.15) is 21.7 Å². The van der Waals surface area contributed by atoms with Crippen molar-refractivity contribution in [2.45, 2.75) is 13.5 Å². The normalized spacial score (nSPS) is 10.3. The molecule has 25 heavy (non-hydrogen) atoms. The van der Waals surface area contributed by atoms with Gasteiger partial charge >= 0.3 is 0 Å². The maximum atomic E-state index is 12.4. The number of hydrogen-bond donors (Lipinski definition) is 2. The minimum absolute atomic E-state index is 0.224. The fraction of sp³-hybridized carbons (Fsp3) is 0.167. The van der Waals surface area contributed by atoms with Gasteiger partial charge in [0, 0.05) is 24.4 Å². The van der Waals surface area contributed by atoms with E-state index in [1.165, 1.54) is 6.20 Å². The quantitative estimate of drug-likeness (QED) is 0.718. The Morgan fingerprint density at radius 1 is 1.24 bits per heavy atom. The van der Waals surface area contributed by atoms with Gasteiger partial charge in [-0.25, -0.2) is 0 Å². The van der Waals surface area contributed by atoms with Crippen molar-refractivity contribution in [3.8, 4) is 5.75 Å². The molecule has 0 aliphatic heterocycles. The number of carbonyl (C=O) groups excluding carboxylic acids is 1. The third-order valence-electron chi connectivity index (χ3n) is 3.53. The van der Waals surface area contributed by atoms with Crippen LogP contribution in [0.2, 0.25) is 0 Å². The summed E-state index contributed by atoms with van der Waals surface area (Å²) in [6.45, 7) is 2.17. The molecule has 0 bridgehead atoms. The zero-order chi connectivity index (χ0) is 17.6. The highest BCUT2D eigenvalue weighted by molar-refractivity contribution is 5.94. The molecule has 3 rings (SSSR count). The second-order valence-electron chi connectivity index (χ2n) is 5.40. The van der Waals surface area contributed by atoms with E-state index in [1.54, 1.807) is 32.4 Å². The van der Waals surface area contributed by atoms with Gasteiger partial charge in [0.05, 0.1) is 24.6 Å². The molecule has 0 spiro atoms. The van der Waals surface area contributed by atoms with Crippen LogP contribution in [-0.4, -0.2) is 23.2 Å². The Balaban J connectivity index is 1.67. The first kappa shape index (κ1) is 16.5. The summed E-state index contributed by atoms with van der Waals surface area (Å²) in [7, 11) is 1.60. The fourth-order valence-electron chi connectivity index (χ4n) is 2.33. The first-order valence-electron chi connectivity index (χ1n) is 7.71. The van der Waals surface area contributed by atoms with Crippen molar-refractivity contribution >= 4 is 17.4 Å². The van der Waals surface area contributed by atoms with Gasteiger partial charge in [0.15, 0.2) is 5.82 Å². The van der Waals surface area contributed by atoms with Crippen molar-refractivity contribution in [2.24, 2.45) is 0 Å². The van der Waals surface area contributed by atoms with E-state index in [2.05, 4.69) is 20.8 Å². The summed E-state index contributed by atoms with van der Waals surface area (Å²) in [5.74, 6) is 1.77. The van der Waals surface area contributed by atoms with Crippen LogP contribution in [0, 0.1) is 6.92 Å². The van der Waals surface area contributed by atoms with Crippen molar-refractivity contribution in [1.29, 1.82) is 0 Å². The summed E-state index contributed by atoms with van der Waals surface area (Å²) in [4.78, 5) is 16.5. The van der Waals surface area contributed by atoms with Crippen LogP contribution in [0.4, 0.5) is 11.5 Å². The molecule has 128 valence electrons. The van der Waals surface area contributed by atoms with Crippen LogP contribution in [0.3, 0.4) is 0 Å². The molecule has 7 nitrogen and oxygen atoms in total. The second-order valence-corrected chi connectivity index (χ2v) is 5.40. The van der Waals surface area contributed by atoms with Crippen LogP contribution in [-0.2, 0) is 6.54 Å². The zero-order valence-electron chi connectivity index (χ0n) is 13.9. The Morgan fingerprint density at radius 2 is 2.08 bits per heavy atom. The molecule has 0 atom stereocenters. The molecule has 2 aromatic heterocycles. The Bertz CT molecular complexity index is 876. The van der Waals surface area contributed by atoms with Crippen molar-refractivity contribution in [3.63, 3.8) is 0 Å². The number of benzene rings is 1. The number of ether oxygens (including phenoxy) is 1. The molecule has 0 radical (unpaired) electrons. The molecule has 0 unspecified atom stereocenters. The van der Waals surface area contributed by atoms with Crippen LogP contribution in [0.15, 0.2) is 53.3 Å². The number of nitrogens with zero attached hydrogens (tertiary/aromatic N) is 2. The molecule has 1 amide bonds. The van der Waals surface area contributed by atoms with Gasteiger partial charge in [-0.3, -0.25) is 9.78 Å². The topological polar surface area (TPSA) is 89.3 Å². The number of rotatable bonds is 6. The molecular formula is C18H18N4O3. The summed E-state index contributed by atoms with van der Waals surface area (Å²) in [5.41, 5.74) is 2.00. The zero-order valence-corrected chi connectivity index (χ0v) is 13.9. The third-order valence-corrected chi connectivity index (χ3v) is 3.53. The maximum absolute atomic E-state index is 12.4. The molecule has 0 aliphatic rings. The van der Waals surface area contributed by atoms with E-state index in [0.29, 0.717) is 29.4 Å². The number of anilines is 2. The van der Waals surface area contributed by atoms with Gasteiger partial charge in [-0.15, -0.1) is 0 Å². The van der Waals surface area contributed by atoms with Crippen molar-refractivity contribution < 1.29 is 14.1 Å². The van der Waals surface area contributed by atoms with Gasteiger partial charge in [0.2, 0.25) is 0 Å². The molecule has 1 aromatic carbocycles. The molecule has 0 saturated heterocycles. The predicted molar refractivity (Wildman–Crippen MR) is 92.9 cm³/mol. The molecule has 0 saturated carbocycles. The SMILES string of the molecule is COc1ccccc1CNC(=O)c1cncc(Nc2cc(C)on2)c1. The Hall–Kier alpha value is -3.35. The number of aromatic nitrogens is 2. The number of carbonyl (C=O) groups is 1. The second kappa shape index (κ2) is 7.48. The Morgan fingerprint density at radius 3 is 2.84 bits per heavy atom.